The Morgan fingerprint density at radius 1 is 0.897 bits per heavy atom. The minimum atomic E-state index is 0.248. The third-order valence-corrected chi connectivity index (χ3v) is 8.84. The minimum absolute atomic E-state index is 0.248. The first-order chi connectivity index (χ1) is 14.0. The molecule has 5 rings (SSSR count). The molecule has 29 heavy (non-hydrogen) atoms. The molecule has 0 bridgehead atoms. The first kappa shape index (κ1) is 22.0. The fraction of sp³-hybridized carbons (Fsp3) is 1.00. The third-order valence-electron chi connectivity index (χ3n) is 8.84. The van der Waals surface area contributed by atoms with Crippen LogP contribution in [0.5, 0.6) is 0 Å². The topological polar surface area (TPSA) is 19.0 Å². The van der Waals surface area contributed by atoms with E-state index in [4.69, 9.17) is 4.74 Å². The molecule has 0 aromatic carbocycles. The van der Waals surface area contributed by atoms with E-state index in [1.165, 1.54) is 97.2 Å². The Labute approximate surface area is 180 Å². The van der Waals surface area contributed by atoms with Gasteiger partial charge in [-0.2, -0.15) is 0 Å². The van der Waals surface area contributed by atoms with E-state index in [1.807, 2.05) is 13.8 Å². The second-order valence-electron chi connectivity index (χ2n) is 11.1. The standard InChI is InChI=1S/C23H41N3O.C2H6/c1-19-13-23(14-19)18-26(11-12-27-23)21-15-22(16-21)5-9-25(10-6-22)17-20-3-7-24(2)8-4-20;1-2/h19-21H,3-18H2,1-2H3;1-2H3. The SMILES string of the molecule is CC.CC1CC2(C1)CN(C1CC3(CCN(CC4CCN(C)CC4)CC3)C1)CCO2. The van der Waals surface area contributed by atoms with Crippen LogP contribution in [-0.2, 0) is 4.74 Å². The van der Waals surface area contributed by atoms with Crippen molar-refractivity contribution in [1.29, 1.82) is 0 Å². The Bertz CT molecular complexity index is 503. The van der Waals surface area contributed by atoms with Gasteiger partial charge in [-0.1, -0.05) is 20.8 Å². The van der Waals surface area contributed by atoms with Crippen LogP contribution in [0.25, 0.3) is 0 Å². The molecule has 3 heterocycles. The van der Waals surface area contributed by atoms with E-state index in [9.17, 15) is 0 Å². The summed E-state index contributed by atoms with van der Waals surface area (Å²) in [5.74, 6) is 1.84. The van der Waals surface area contributed by atoms with Crippen LogP contribution in [0.15, 0.2) is 0 Å². The van der Waals surface area contributed by atoms with Gasteiger partial charge in [0.15, 0.2) is 0 Å². The van der Waals surface area contributed by atoms with Crippen LogP contribution in [-0.4, -0.2) is 85.8 Å². The van der Waals surface area contributed by atoms with Crippen LogP contribution in [0.2, 0.25) is 0 Å². The largest absolute Gasteiger partial charge is 0.372 e. The van der Waals surface area contributed by atoms with E-state index in [1.54, 1.807) is 0 Å². The van der Waals surface area contributed by atoms with Crippen molar-refractivity contribution < 1.29 is 4.74 Å². The third kappa shape index (κ3) is 4.86. The highest BCUT2D eigenvalue weighted by atomic mass is 16.5. The number of hydrogen-bond donors (Lipinski definition) is 0. The molecule has 3 aliphatic heterocycles. The van der Waals surface area contributed by atoms with Crippen molar-refractivity contribution in [2.45, 2.75) is 83.8 Å². The predicted octanol–water partition coefficient (Wildman–Crippen LogP) is 4.10. The van der Waals surface area contributed by atoms with Gasteiger partial charge in [-0.15, -0.1) is 0 Å². The number of morpholine rings is 1. The molecule has 4 nitrogen and oxygen atoms in total. The van der Waals surface area contributed by atoms with Crippen molar-refractivity contribution in [3.8, 4) is 0 Å². The van der Waals surface area contributed by atoms with Gasteiger partial charge in [0.1, 0.15) is 0 Å². The summed E-state index contributed by atoms with van der Waals surface area (Å²) in [5, 5.41) is 0. The van der Waals surface area contributed by atoms with E-state index in [0.717, 1.165) is 24.5 Å². The summed E-state index contributed by atoms with van der Waals surface area (Å²) in [6.45, 7) is 16.5. The van der Waals surface area contributed by atoms with Crippen molar-refractivity contribution in [3.05, 3.63) is 0 Å². The molecule has 2 saturated carbocycles. The molecular weight excluding hydrogens is 358 g/mol. The van der Waals surface area contributed by atoms with Crippen molar-refractivity contribution in [1.82, 2.24) is 14.7 Å². The average molecular weight is 406 g/mol. The predicted molar refractivity (Wildman–Crippen MR) is 121 cm³/mol. The lowest BCUT2D eigenvalue weighted by Crippen LogP contribution is -2.64. The first-order valence-corrected chi connectivity index (χ1v) is 12.8. The highest BCUT2D eigenvalue weighted by molar-refractivity contribution is 5.05. The Morgan fingerprint density at radius 2 is 1.55 bits per heavy atom. The zero-order chi connectivity index (χ0) is 20.5. The van der Waals surface area contributed by atoms with Gasteiger partial charge in [0.2, 0.25) is 0 Å². The molecule has 0 amide bonds. The molecule has 4 heteroatoms. The fourth-order valence-corrected chi connectivity index (χ4v) is 7.07. The molecule has 2 aliphatic carbocycles. The van der Waals surface area contributed by atoms with E-state index >= 15 is 0 Å². The normalized spacial score (nSPS) is 33.7. The zero-order valence-electron chi connectivity index (χ0n) is 19.8. The number of hydrogen-bond acceptors (Lipinski definition) is 4. The Kier molecular flexibility index (Phi) is 6.95. The Morgan fingerprint density at radius 3 is 2.17 bits per heavy atom. The number of nitrogens with zero attached hydrogens (tertiary/aromatic N) is 3. The molecule has 0 atom stereocenters. The summed E-state index contributed by atoms with van der Waals surface area (Å²) in [7, 11) is 2.27. The van der Waals surface area contributed by atoms with Gasteiger partial charge < -0.3 is 14.5 Å². The zero-order valence-corrected chi connectivity index (χ0v) is 19.8. The lowest BCUT2D eigenvalue weighted by Gasteiger charge is -2.59. The summed E-state index contributed by atoms with van der Waals surface area (Å²) in [6.07, 6.45) is 11.3. The minimum Gasteiger partial charge on any atom is -0.372 e. The quantitative estimate of drug-likeness (QED) is 0.703. The summed E-state index contributed by atoms with van der Waals surface area (Å²) >= 11 is 0. The average Bonchev–Trinajstić information content (AvgIpc) is 2.69. The van der Waals surface area contributed by atoms with Gasteiger partial charge in [0.05, 0.1) is 12.2 Å². The second kappa shape index (κ2) is 9.14. The molecule has 0 aromatic heterocycles. The van der Waals surface area contributed by atoms with Crippen molar-refractivity contribution in [2.24, 2.45) is 17.3 Å². The highest BCUT2D eigenvalue weighted by Crippen LogP contribution is 2.52. The monoisotopic (exact) mass is 405 g/mol. The maximum Gasteiger partial charge on any atom is 0.0814 e. The molecule has 5 fully saturated rings. The molecule has 2 spiro atoms. The van der Waals surface area contributed by atoms with Crippen molar-refractivity contribution >= 4 is 0 Å². The molecule has 0 N–H and O–H groups in total. The lowest BCUT2D eigenvalue weighted by molar-refractivity contribution is -0.191. The summed E-state index contributed by atoms with van der Waals surface area (Å²) in [4.78, 5) is 8.11. The van der Waals surface area contributed by atoms with Crippen LogP contribution in [0.3, 0.4) is 0 Å². The Balaban J connectivity index is 0.000000994. The number of likely N-dealkylation sites (tertiary alicyclic amines) is 2. The van der Waals surface area contributed by atoms with Gasteiger partial charge in [-0.05, 0) is 102 Å². The van der Waals surface area contributed by atoms with E-state index < -0.39 is 0 Å². The molecule has 3 saturated heterocycles. The van der Waals surface area contributed by atoms with E-state index in [-0.39, 0.29) is 5.60 Å². The van der Waals surface area contributed by atoms with Crippen LogP contribution in [0.1, 0.15) is 72.1 Å². The Hall–Kier alpha value is -0.160. The van der Waals surface area contributed by atoms with Gasteiger partial charge >= 0.3 is 0 Å². The van der Waals surface area contributed by atoms with Crippen LogP contribution >= 0.6 is 0 Å². The van der Waals surface area contributed by atoms with Gasteiger partial charge in [-0.3, -0.25) is 4.90 Å². The van der Waals surface area contributed by atoms with Crippen LogP contribution < -0.4 is 0 Å². The number of ether oxygens (including phenoxy) is 1. The highest BCUT2D eigenvalue weighted by Gasteiger charge is 2.52. The van der Waals surface area contributed by atoms with Crippen LogP contribution in [0.4, 0.5) is 0 Å². The van der Waals surface area contributed by atoms with Crippen molar-refractivity contribution in [3.63, 3.8) is 0 Å². The summed E-state index contributed by atoms with van der Waals surface area (Å²) in [5.41, 5.74) is 0.949. The second-order valence-corrected chi connectivity index (χ2v) is 11.1. The molecule has 0 aromatic rings. The number of piperidine rings is 2. The van der Waals surface area contributed by atoms with Crippen LogP contribution in [0, 0.1) is 17.3 Å². The van der Waals surface area contributed by atoms with Gasteiger partial charge in [-0.25, -0.2) is 0 Å². The maximum absolute atomic E-state index is 6.20. The summed E-state index contributed by atoms with van der Waals surface area (Å²) < 4.78 is 6.20. The molecular formula is C25H47N3O. The first-order valence-electron chi connectivity index (χ1n) is 12.8. The lowest BCUT2D eigenvalue weighted by atomic mass is 9.59. The van der Waals surface area contributed by atoms with Gasteiger partial charge in [0, 0.05) is 25.7 Å². The molecule has 0 unspecified atom stereocenters. The molecule has 0 radical (unpaired) electrons. The number of rotatable bonds is 3. The van der Waals surface area contributed by atoms with E-state index in [0.29, 0.717) is 5.41 Å². The van der Waals surface area contributed by atoms with E-state index in [2.05, 4.69) is 28.7 Å². The smallest absolute Gasteiger partial charge is 0.0814 e. The van der Waals surface area contributed by atoms with Crippen molar-refractivity contribution in [2.75, 3.05) is 59.5 Å². The summed E-state index contributed by atoms with van der Waals surface area (Å²) in [6, 6.07) is 0.863. The van der Waals surface area contributed by atoms with Gasteiger partial charge in [0.25, 0.3) is 0 Å². The maximum atomic E-state index is 6.20. The molecule has 168 valence electrons. The fourth-order valence-electron chi connectivity index (χ4n) is 7.07. The molecule has 5 aliphatic rings.